The van der Waals surface area contributed by atoms with E-state index in [1.807, 2.05) is 6.92 Å². The Labute approximate surface area is 93.0 Å². The van der Waals surface area contributed by atoms with Gasteiger partial charge in [-0.3, -0.25) is 4.79 Å². The summed E-state index contributed by atoms with van der Waals surface area (Å²) in [4.78, 5) is 11.4. The first kappa shape index (κ1) is 12.5. The Morgan fingerprint density at radius 1 is 1.33 bits per heavy atom. The summed E-state index contributed by atoms with van der Waals surface area (Å²) in [5, 5.41) is 6.22. The van der Waals surface area contributed by atoms with E-state index in [4.69, 9.17) is 0 Å². The highest BCUT2D eigenvalue weighted by molar-refractivity contribution is 5.78. The van der Waals surface area contributed by atoms with Crippen molar-refractivity contribution in [1.82, 2.24) is 10.6 Å². The average Bonchev–Trinajstić information content (AvgIpc) is 2.98. The minimum absolute atomic E-state index is 0.118. The lowest BCUT2D eigenvalue weighted by atomic mass is 10.1. The van der Waals surface area contributed by atoms with Crippen molar-refractivity contribution >= 4 is 5.91 Å². The Kier molecular flexibility index (Phi) is 5.09. The van der Waals surface area contributed by atoms with Crippen molar-refractivity contribution in [2.75, 3.05) is 6.54 Å². The summed E-state index contributed by atoms with van der Waals surface area (Å²) < 4.78 is 0. The molecule has 88 valence electrons. The van der Waals surface area contributed by atoms with Gasteiger partial charge in [-0.15, -0.1) is 0 Å². The van der Waals surface area contributed by atoms with E-state index >= 15 is 0 Å². The van der Waals surface area contributed by atoms with Crippen LogP contribution < -0.4 is 10.6 Å². The molecule has 0 heterocycles. The van der Waals surface area contributed by atoms with E-state index in [0.29, 0.717) is 12.6 Å². The van der Waals surface area contributed by atoms with E-state index < -0.39 is 0 Å². The summed E-state index contributed by atoms with van der Waals surface area (Å²) >= 11 is 0. The van der Waals surface area contributed by atoms with Crippen LogP contribution in [0.4, 0.5) is 0 Å². The maximum atomic E-state index is 11.4. The zero-order chi connectivity index (χ0) is 11.3. The van der Waals surface area contributed by atoms with Gasteiger partial charge in [0.25, 0.3) is 0 Å². The van der Waals surface area contributed by atoms with Crippen LogP contribution in [0.15, 0.2) is 0 Å². The molecule has 3 heteroatoms. The normalized spacial score (nSPS) is 19.7. The van der Waals surface area contributed by atoms with E-state index in [0.717, 1.165) is 12.3 Å². The molecule has 1 rings (SSSR count). The summed E-state index contributed by atoms with van der Waals surface area (Å²) in [5.74, 6) is 1.04. The molecule has 0 aromatic carbocycles. The van der Waals surface area contributed by atoms with Crippen molar-refractivity contribution in [1.29, 1.82) is 0 Å². The number of hydrogen-bond acceptors (Lipinski definition) is 2. The second-order valence-electron chi connectivity index (χ2n) is 4.84. The van der Waals surface area contributed by atoms with Gasteiger partial charge in [0.2, 0.25) is 5.91 Å². The molecule has 1 aliphatic carbocycles. The monoisotopic (exact) mass is 212 g/mol. The molecule has 1 saturated carbocycles. The third-order valence-electron chi connectivity index (χ3n) is 3.01. The molecule has 0 aromatic rings. The van der Waals surface area contributed by atoms with Gasteiger partial charge in [-0.1, -0.05) is 19.8 Å². The topological polar surface area (TPSA) is 41.1 Å². The van der Waals surface area contributed by atoms with E-state index in [9.17, 15) is 4.79 Å². The predicted octanol–water partition coefficient (Wildman–Crippen LogP) is 1.68. The minimum atomic E-state index is 0.118. The van der Waals surface area contributed by atoms with E-state index in [-0.39, 0.29) is 11.9 Å². The van der Waals surface area contributed by atoms with Crippen LogP contribution in [-0.2, 0) is 4.79 Å². The zero-order valence-corrected chi connectivity index (χ0v) is 10.2. The first-order valence-corrected chi connectivity index (χ1v) is 6.14. The van der Waals surface area contributed by atoms with E-state index in [1.165, 1.54) is 19.3 Å². The molecule has 2 N–H and O–H groups in total. The summed E-state index contributed by atoms with van der Waals surface area (Å²) in [6.45, 7) is 6.73. The lowest BCUT2D eigenvalue weighted by molar-refractivity contribution is -0.121. The average molecular weight is 212 g/mol. The van der Waals surface area contributed by atoms with Gasteiger partial charge in [0.05, 0.1) is 6.54 Å². The minimum Gasteiger partial charge on any atom is -0.353 e. The number of rotatable bonds is 7. The fourth-order valence-corrected chi connectivity index (χ4v) is 1.63. The molecule has 0 aromatic heterocycles. The van der Waals surface area contributed by atoms with Crippen LogP contribution in [0.1, 0.15) is 46.5 Å². The molecule has 1 fully saturated rings. The van der Waals surface area contributed by atoms with Crippen molar-refractivity contribution in [2.45, 2.75) is 58.5 Å². The van der Waals surface area contributed by atoms with Gasteiger partial charge in [-0.25, -0.2) is 0 Å². The van der Waals surface area contributed by atoms with Crippen LogP contribution in [0.3, 0.4) is 0 Å². The smallest absolute Gasteiger partial charge is 0.234 e. The van der Waals surface area contributed by atoms with Crippen molar-refractivity contribution < 1.29 is 4.79 Å². The van der Waals surface area contributed by atoms with Gasteiger partial charge in [-0.2, -0.15) is 0 Å². The number of carbonyl (C=O) groups excluding carboxylic acids is 1. The number of hydrogen-bond donors (Lipinski definition) is 2. The summed E-state index contributed by atoms with van der Waals surface area (Å²) in [5.41, 5.74) is 0. The zero-order valence-electron chi connectivity index (χ0n) is 10.2. The molecule has 0 bridgehead atoms. The summed E-state index contributed by atoms with van der Waals surface area (Å²) in [6, 6.07) is 0.762. The van der Waals surface area contributed by atoms with Crippen LogP contribution >= 0.6 is 0 Å². The van der Waals surface area contributed by atoms with Crippen LogP contribution in [0.2, 0.25) is 0 Å². The van der Waals surface area contributed by atoms with Gasteiger partial charge < -0.3 is 10.6 Å². The molecule has 15 heavy (non-hydrogen) atoms. The van der Waals surface area contributed by atoms with E-state index in [1.54, 1.807) is 0 Å². The van der Waals surface area contributed by atoms with Crippen LogP contribution in [-0.4, -0.2) is 24.5 Å². The van der Waals surface area contributed by atoms with Gasteiger partial charge in [0.15, 0.2) is 0 Å². The van der Waals surface area contributed by atoms with Crippen molar-refractivity contribution in [3.05, 3.63) is 0 Å². The predicted molar refractivity (Wildman–Crippen MR) is 62.7 cm³/mol. The summed E-state index contributed by atoms with van der Waals surface area (Å²) in [6.07, 6.45) is 4.97. The molecule has 0 radical (unpaired) electrons. The van der Waals surface area contributed by atoms with Crippen LogP contribution in [0.25, 0.3) is 0 Å². The third-order valence-corrected chi connectivity index (χ3v) is 3.01. The molecule has 2 unspecified atom stereocenters. The second kappa shape index (κ2) is 6.11. The SMILES string of the molecule is CCC(C)NC(=O)CNC(C)CC1CC1. The highest BCUT2D eigenvalue weighted by Crippen LogP contribution is 2.33. The van der Waals surface area contributed by atoms with Gasteiger partial charge in [0, 0.05) is 12.1 Å². The van der Waals surface area contributed by atoms with Gasteiger partial charge in [0.1, 0.15) is 0 Å². The molecule has 0 spiro atoms. The molecular weight excluding hydrogens is 188 g/mol. The first-order valence-electron chi connectivity index (χ1n) is 6.14. The quantitative estimate of drug-likeness (QED) is 0.674. The summed E-state index contributed by atoms with van der Waals surface area (Å²) in [7, 11) is 0. The lowest BCUT2D eigenvalue weighted by Crippen LogP contribution is -2.41. The molecule has 2 atom stereocenters. The lowest BCUT2D eigenvalue weighted by Gasteiger charge is -2.15. The third kappa shape index (κ3) is 5.78. The fourth-order valence-electron chi connectivity index (χ4n) is 1.63. The van der Waals surface area contributed by atoms with Crippen LogP contribution in [0, 0.1) is 5.92 Å². The Morgan fingerprint density at radius 2 is 2.00 bits per heavy atom. The molecular formula is C12H24N2O. The Bertz CT molecular complexity index is 202. The Balaban J connectivity index is 2.04. The highest BCUT2D eigenvalue weighted by Gasteiger charge is 2.23. The standard InChI is InChI=1S/C12H24N2O/c1-4-9(2)14-12(15)8-13-10(3)7-11-5-6-11/h9-11,13H,4-8H2,1-3H3,(H,14,15). The second-order valence-corrected chi connectivity index (χ2v) is 4.84. The number of carbonyl (C=O) groups is 1. The number of amides is 1. The van der Waals surface area contributed by atoms with Gasteiger partial charge in [-0.05, 0) is 32.6 Å². The molecule has 0 saturated heterocycles. The first-order chi connectivity index (χ1) is 7.11. The maximum Gasteiger partial charge on any atom is 0.234 e. The van der Waals surface area contributed by atoms with E-state index in [2.05, 4.69) is 24.5 Å². The van der Waals surface area contributed by atoms with Crippen molar-refractivity contribution in [3.63, 3.8) is 0 Å². The molecule has 3 nitrogen and oxygen atoms in total. The fraction of sp³-hybridized carbons (Fsp3) is 0.917. The molecule has 0 aliphatic heterocycles. The molecule has 1 amide bonds. The highest BCUT2D eigenvalue weighted by atomic mass is 16.1. The number of nitrogens with one attached hydrogen (secondary N) is 2. The molecule has 1 aliphatic rings. The Morgan fingerprint density at radius 3 is 2.53 bits per heavy atom. The largest absolute Gasteiger partial charge is 0.353 e. The van der Waals surface area contributed by atoms with Gasteiger partial charge >= 0.3 is 0 Å². The van der Waals surface area contributed by atoms with Crippen LogP contribution in [0.5, 0.6) is 0 Å². The maximum absolute atomic E-state index is 11.4. The van der Waals surface area contributed by atoms with Crippen molar-refractivity contribution in [2.24, 2.45) is 5.92 Å². The Hall–Kier alpha value is -0.570. The van der Waals surface area contributed by atoms with Crippen molar-refractivity contribution in [3.8, 4) is 0 Å².